The molecule has 0 unspecified atom stereocenters. The van der Waals surface area contributed by atoms with Crippen LogP contribution in [0.25, 0.3) is 0 Å². The van der Waals surface area contributed by atoms with Gasteiger partial charge in [0.05, 0.1) is 13.0 Å². The largest absolute Gasteiger partial charge is 0.481 e. The van der Waals surface area contributed by atoms with E-state index < -0.39 is 23.4 Å². The van der Waals surface area contributed by atoms with Crippen LogP contribution in [-0.2, 0) is 9.59 Å². The third-order valence-corrected chi connectivity index (χ3v) is 4.05. The minimum absolute atomic E-state index is 0.0183. The van der Waals surface area contributed by atoms with Crippen LogP contribution in [0.5, 0.6) is 0 Å². The van der Waals surface area contributed by atoms with E-state index in [1.807, 2.05) is 0 Å². The first-order valence-corrected chi connectivity index (χ1v) is 7.40. The molecule has 0 heterocycles. The molecule has 3 amide bonds. The number of nitrogens with zero attached hydrogens (tertiary/aromatic N) is 1. The second kappa shape index (κ2) is 7.97. The van der Waals surface area contributed by atoms with E-state index in [1.165, 1.54) is 0 Å². The molecule has 0 radical (unpaired) electrons. The highest BCUT2D eigenvalue weighted by atomic mass is 16.4. The molecule has 0 aromatic carbocycles. The number of carbonyl (C=O) groups excluding carboxylic acids is 2. The molecule has 0 aromatic rings. The lowest BCUT2D eigenvalue weighted by Crippen LogP contribution is -2.53. The van der Waals surface area contributed by atoms with E-state index in [-0.39, 0.29) is 13.0 Å². The van der Waals surface area contributed by atoms with Crippen LogP contribution >= 0.6 is 0 Å². The van der Waals surface area contributed by atoms with Gasteiger partial charge in [-0.2, -0.15) is 0 Å². The highest BCUT2D eigenvalue weighted by molar-refractivity contribution is 5.95. The number of amides is 3. The highest BCUT2D eigenvalue weighted by Crippen LogP contribution is 2.35. The Morgan fingerprint density at radius 2 is 1.81 bits per heavy atom. The summed E-state index contributed by atoms with van der Waals surface area (Å²) < 4.78 is 0. The number of carboxylic acid groups (broad SMARTS) is 1. The molecular formula is C14H25N3O4. The van der Waals surface area contributed by atoms with E-state index in [4.69, 9.17) is 5.11 Å². The number of carbonyl (C=O) groups is 3. The summed E-state index contributed by atoms with van der Waals surface area (Å²) in [6.45, 7) is 2.22. The number of imide groups is 1. The van der Waals surface area contributed by atoms with E-state index in [2.05, 4.69) is 10.6 Å². The second-order valence-corrected chi connectivity index (χ2v) is 5.62. The molecule has 7 nitrogen and oxygen atoms in total. The zero-order chi connectivity index (χ0) is 15.9. The standard InChI is InChI=1S/C14H25N3O4/c1-3-15-13(21)16-11(18)10-17(2)14(9-12(19)20)7-5-4-6-8-14/h3-10H2,1-2H3,(H,19,20)(H2,15,16,18,21). The van der Waals surface area contributed by atoms with Crippen LogP contribution in [0.3, 0.4) is 0 Å². The molecule has 0 aliphatic heterocycles. The van der Waals surface area contributed by atoms with Gasteiger partial charge in [0.2, 0.25) is 5.91 Å². The third-order valence-electron chi connectivity index (χ3n) is 4.05. The summed E-state index contributed by atoms with van der Waals surface area (Å²) in [5.74, 6) is -1.27. The Kier molecular flexibility index (Phi) is 6.61. The fourth-order valence-electron chi connectivity index (χ4n) is 2.94. The van der Waals surface area contributed by atoms with Gasteiger partial charge in [-0.15, -0.1) is 0 Å². The van der Waals surface area contributed by atoms with E-state index in [1.54, 1.807) is 18.9 Å². The van der Waals surface area contributed by atoms with Crippen molar-refractivity contribution in [2.45, 2.75) is 51.0 Å². The van der Waals surface area contributed by atoms with Crippen molar-refractivity contribution in [2.75, 3.05) is 20.1 Å². The van der Waals surface area contributed by atoms with Crippen LogP contribution in [-0.4, -0.2) is 53.6 Å². The van der Waals surface area contributed by atoms with E-state index in [0.717, 1.165) is 32.1 Å². The van der Waals surface area contributed by atoms with Crippen molar-refractivity contribution in [2.24, 2.45) is 0 Å². The van der Waals surface area contributed by atoms with Crippen LogP contribution in [0, 0.1) is 0 Å². The van der Waals surface area contributed by atoms with Crippen LogP contribution < -0.4 is 10.6 Å². The molecule has 1 aliphatic carbocycles. The summed E-state index contributed by atoms with van der Waals surface area (Å²) in [4.78, 5) is 36.1. The molecule has 7 heteroatoms. The highest BCUT2D eigenvalue weighted by Gasteiger charge is 2.38. The SMILES string of the molecule is CCNC(=O)NC(=O)CN(C)C1(CC(=O)O)CCCCC1. The number of urea groups is 1. The summed E-state index contributed by atoms with van der Waals surface area (Å²) in [5.41, 5.74) is -0.483. The summed E-state index contributed by atoms with van der Waals surface area (Å²) in [6, 6.07) is -0.521. The molecule has 1 rings (SSSR count). The summed E-state index contributed by atoms with van der Waals surface area (Å²) in [5, 5.41) is 13.9. The van der Waals surface area contributed by atoms with E-state index >= 15 is 0 Å². The van der Waals surface area contributed by atoms with Crippen LogP contribution in [0.4, 0.5) is 4.79 Å². The Hall–Kier alpha value is -1.63. The summed E-state index contributed by atoms with van der Waals surface area (Å²) in [7, 11) is 1.76. The molecule has 0 bridgehead atoms. The molecule has 0 spiro atoms. The van der Waals surface area contributed by atoms with Crippen molar-refractivity contribution in [1.82, 2.24) is 15.5 Å². The lowest BCUT2D eigenvalue weighted by molar-refractivity contribution is -0.142. The van der Waals surface area contributed by atoms with Gasteiger partial charge in [0.1, 0.15) is 0 Å². The Morgan fingerprint density at radius 1 is 1.19 bits per heavy atom. The Bertz CT molecular complexity index is 392. The van der Waals surface area contributed by atoms with Crippen molar-refractivity contribution in [3.63, 3.8) is 0 Å². The molecular weight excluding hydrogens is 274 g/mol. The quantitative estimate of drug-likeness (QED) is 0.678. The van der Waals surface area contributed by atoms with Gasteiger partial charge in [-0.1, -0.05) is 19.3 Å². The van der Waals surface area contributed by atoms with Gasteiger partial charge in [0.15, 0.2) is 0 Å². The monoisotopic (exact) mass is 299 g/mol. The summed E-state index contributed by atoms with van der Waals surface area (Å²) >= 11 is 0. The Labute approximate surface area is 125 Å². The molecule has 0 saturated heterocycles. The maximum atomic E-state index is 11.8. The fraction of sp³-hybridized carbons (Fsp3) is 0.786. The van der Waals surface area contributed by atoms with Crippen LogP contribution in [0.2, 0.25) is 0 Å². The molecule has 1 fully saturated rings. The van der Waals surface area contributed by atoms with Gasteiger partial charge in [0, 0.05) is 12.1 Å². The normalized spacial score (nSPS) is 17.3. The van der Waals surface area contributed by atoms with Crippen LogP contribution in [0.15, 0.2) is 0 Å². The maximum Gasteiger partial charge on any atom is 0.321 e. The third kappa shape index (κ3) is 5.34. The Morgan fingerprint density at radius 3 is 2.33 bits per heavy atom. The average molecular weight is 299 g/mol. The number of nitrogens with one attached hydrogen (secondary N) is 2. The molecule has 3 N–H and O–H groups in total. The van der Waals surface area contributed by atoms with Gasteiger partial charge in [0.25, 0.3) is 0 Å². The number of hydrogen-bond donors (Lipinski definition) is 3. The van der Waals surface area contributed by atoms with Crippen molar-refractivity contribution >= 4 is 17.9 Å². The lowest BCUT2D eigenvalue weighted by atomic mass is 9.78. The number of rotatable bonds is 6. The van der Waals surface area contributed by atoms with Gasteiger partial charge in [-0.3, -0.25) is 19.8 Å². The van der Waals surface area contributed by atoms with E-state index in [0.29, 0.717) is 6.54 Å². The van der Waals surface area contributed by atoms with Gasteiger partial charge >= 0.3 is 12.0 Å². The van der Waals surface area contributed by atoms with Gasteiger partial charge in [-0.05, 0) is 26.8 Å². The number of aliphatic carboxylic acids is 1. The first-order chi connectivity index (χ1) is 9.89. The molecule has 21 heavy (non-hydrogen) atoms. The minimum Gasteiger partial charge on any atom is -0.481 e. The molecule has 0 atom stereocenters. The van der Waals surface area contributed by atoms with Crippen molar-refractivity contribution in [3.8, 4) is 0 Å². The van der Waals surface area contributed by atoms with Gasteiger partial charge in [-0.25, -0.2) is 4.79 Å². The van der Waals surface area contributed by atoms with E-state index in [9.17, 15) is 14.4 Å². The number of likely N-dealkylation sites (N-methyl/N-ethyl adjacent to an activating group) is 1. The van der Waals surface area contributed by atoms with Gasteiger partial charge < -0.3 is 10.4 Å². The topological polar surface area (TPSA) is 98.7 Å². The molecule has 120 valence electrons. The lowest BCUT2D eigenvalue weighted by Gasteiger charge is -2.43. The average Bonchev–Trinajstić information content (AvgIpc) is 2.38. The Balaban J connectivity index is 2.63. The molecule has 0 aromatic heterocycles. The van der Waals surface area contributed by atoms with Crippen molar-refractivity contribution in [1.29, 1.82) is 0 Å². The first-order valence-electron chi connectivity index (χ1n) is 7.40. The van der Waals surface area contributed by atoms with Crippen molar-refractivity contribution < 1.29 is 19.5 Å². The summed E-state index contributed by atoms with van der Waals surface area (Å²) in [6.07, 6.45) is 4.60. The second-order valence-electron chi connectivity index (χ2n) is 5.62. The smallest absolute Gasteiger partial charge is 0.321 e. The zero-order valence-corrected chi connectivity index (χ0v) is 12.8. The predicted molar refractivity (Wildman–Crippen MR) is 77.9 cm³/mol. The predicted octanol–water partition coefficient (Wildman–Crippen LogP) is 0.941. The fourth-order valence-corrected chi connectivity index (χ4v) is 2.94. The minimum atomic E-state index is -0.854. The molecule has 1 aliphatic rings. The maximum absolute atomic E-state index is 11.8. The number of hydrogen-bond acceptors (Lipinski definition) is 4. The molecule has 1 saturated carbocycles. The first kappa shape index (κ1) is 17.4. The van der Waals surface area contributed by atoms with Crippen LogP contribution in [0.1, 0.15) is 45.4 Å². The van der Waals surface area contributed by atoms with Crippen molar-refractivity contribution in [3.05, 3.63) is 0 Å². The zero-order valence-electron chi connectivity index (χ0n) is 12.8. The number of carboxylic acids is 1.